The van der Waals surface area contributed by atoms with Crippen LogP contribution in [-0.4, -0.2) is 43.7 Å². The summed E-state index contributed by atoms with van der Waals surface area (Å²) in [5, 5.41) is 1.97. The Morgan fingerprint density at radius 2 is 1.90 bits per heavy atom. The Kier molecular flexibility index (Phi) is 6.59. The van der Waals surface area contributed by atoms with E-state index in [1.54, 1.807) is 23.3 Å². The van der Waals surface area contributed by atoms with Crippen LogP contribution in [0, 0.1) is 12.8 Å². The molecule has 0 unspecified atom stereocenters. The molecule has 0 saturated carbocycles. The molecule has 0 spiro atoms. The summed E-state index contributed by atoms with van der Waals surface area (Å²) in [7, 11) is -2.32. The zero-order valence-electron chi connectivity index (χ0n) is 16.6. The van der Waals surface area contributed by atoms with Crippen LogP contribution in [-0.2, 0) is 27.5 Å². The van der Waals surface area contributed by atoms with Crippen molar-refractivity contribution in [1.29, 1.82) is 0 Å². The number of hydrogen-bond donors (Lipinski definition) is 0. The molecule has 10 heteroatoms. The molecule has 0 radical (unpaired) electrons. The third-order valence-electron chi connectivity index (χ3n) is 5.33. The summed E-state index contributed by atoms with van der Waals surface area (Å²) in [5.74, 6) is -0.345. The highest BCUT2D eigenvalue weighted by Crippen LogP contribution is 2.32. The molecule has 1 saturated heterocycles. The van der Waals surface area contributed by atoms with E-state index in [1.807, 2.05) is 18.4 Å². The van der Waals surface area contributed by atoms with Crippen molar-refractivity contribution in [3.63, 3.8) is 0 Å². The number of rotatable bonds is 5. The molecule has 0 aliphatic carbocycles. The summed E-state index contributed by atoms with van der Waals surface area (Å²) in [4.78, 5) is 15.1. The molecular weight excluding hydrogens is 437 g/mol. The lowest BCUT2D eigenvalue weighted by Crippen LogP contribution is -2.43. The number of amides is 1. The fraction of sp³-hybridized carbons (Fsp3) is 0.450. The minimum absolute atomic E-state index is 0.0427. The molecule has 2 heterocycles. The van der Waals surface area contributed by atoms with Gasteiger partial charge in [-0.3, -0.25) is 4.79 Å². The summed E-state index contributed by atoms with van der Waals surface area (Å²) in [6.07, 6.45) is -3.94. The SMILES string of the molecule is Cc1ccsc1CN(C)C(=O)C1CCN(S(=O)(=O)c2cccc(C(F)(F)F)c2)CC1. The van der Waals surface area contributed by atoms with Gasteiger partial charge in [0.1, 0.15) is 0 Å². The van der Waals surface area contributed by atoms with Gasteiger partial charge in [-0.1, -0.05) is 6.07 Å². The minimum atomic E-state index is -4.61. The lowest BCUT2D eigenvalue weighted by molar-refractivity contribution is -0.138. The van der Waals surface area contributed by atoms with Crippen LogP contribution in [0.5, 0.6) is 0 Å². The van der Waals surface area contributed by atoms with Crippen molar-refractivity contribution in [3.8, 4) is 0 Å². The number of alkyl halides is 3. The molecular formula is C20H23F3N2O3S2. The number of piperidine rings is 1. The highest BCUT2D eigenvalue weighted by Gasteiger charge is 2.35. The van der Waals surface area contributed by atoms with Gasteiger partial charge in [0, 0.05) is 30.9 Å². The topological polar surface area (TPSA) is 57.7 Å². The number of aryl methyl sites for hydroxylation is 1. The second-order valence-corrected chi connectivity index (χ2v) is 10.4. The quantitative estimate of drug-likeness (QED) is 0.674. The highest BCUT2D eigenvalue weighted by molar-refractivity contribution is 7.89. The molecule has 1 amide bonds. The van der Waals surface area contributed by atoms with E-state index >= 15 is 0 Å². The second-order valence-electron chi connectivity index (χ2n) is 7.43. The smallest absolute Gasteiger partial charge is 0.340 e. The van der Waals surface area contributed by atoms with Crippen molar-refractivity contribution in [3.05, 3.63) is 51.7 Å². The first-order chi connectivity index (χ1) is 14.0. The maximum atomic E-state index is 12.9. The fourth-order valence-electron chi connectivity index (χ4n) is 3.50. The Morgan fingerprint density at radius 1 is 1.23 bits per heavy atom. The molecule has 0 bridgehead atoms. The standard InChI is InChI=1S/C20H23F3N2O3S2/c1-14-8-11-29-18(14)13-24(2)19(26)15-6-9-25(10-7-15)30(27,28)17-5-3-4-16(12-17)20(21,22)23/h3-5,8,11-12,15H,6-7,9-10,13H2,1-2H3. The number of halogens is 3. The van der Waals surface area contributed by atoms with Crippen molar-refractivity contribution < 1.29 is 26.4 Å². The summed E-state index contributed by atoms with van der Waals surface area (Å²) in [6, 6.07) is 5.75. The molecule has 1 aromatic heterocycles. The van der Waals surface area contributed by atoms with Crippen LogP contribution in [0.3, 0.4) is 0 Å². The molecule has 1 aromatic carbocycles. The van der Waals surface area contributed by atoms with Crippen LogP contribution < -0.4 is 0 Å². The predicted octanol–water partition coefficient (Wildman–Crippen LogP) is 4.13. The van der Waals surface area contributed by atoms with Gasteiger partial charge in [0.05, 0.1) is 17.0 Å². The minimum Gasteiger partial charge on any atom is -0.340 e. The van der Waals surface area contributed by atoms with Gasteiger partial charge in [0.25, 0.3) is 0 Å². The van der Waals surface area contributed by atoms with Crippen LogP contribution >= 0.6 is 11.3 Å². The summed E-state index contributed by atoms with van der Waals surface area (Å²) in [6.45, 7) is 2.69. The number of carbonyl (C=O) groups excluding carboxylic acids is 1. The Labute approximate surface area is 178 Å². The van der Waals surface area contributed by atoms with Crippen molar-refractivity contribution in [2.24, 2.45) is 5.92 Å². The third-order valence-corrected chi connectivity index (χ3v) is 8.23. The van der Waals surface area contributed by atoms with Gasteiger partial charge < -0.3 is 4.90 Å². The summed E-state index contributed by atoms with van der Waals surface area (Å²) < 4.78 is 65.5. The molecule has 0 N–H and O–H groups in total. The largest absolute Gasteiger partial charge is 0.416 e. The van der Waals surface area contributed by atoms with Crippen LogP contribution in [0.15, 0.2) is 40.6 Å². The predicted molar refractivity (Wildman–Crippen MR) is 108 cm³/mol. The van der Waals surface area contributed by atoms with Gasteiger partial charge in [-0.05, 0) is 55.0 Å². The Morgan fingerprint density at radius 3 is 2.47 bits per heavy atom. The maximum Gasteiger partial charge on any atom is 0.416 e. The van der Waals surface area contributed by atoms with Crippen molar-refractivity contribution >= 4 is 27.3 Å². The lowest BCUT2D eigenvalue weighted by Gasteiger charge is -2.32. The van der Waals surface area contributed by atoms with E-state index in [4.69, 9.17) is 0 Å². The Hall–Kier alpha value is -1.91. The highest BCUT2D eigenvalue weighted by atomic mass is 32.2. The second kappa shape index (κ2) is 8.68. The van der Waals surface area contributed by atoms with Crippen molar-refractivity contribution in [1.82, 2.24) is 9.21 Å². The molecule has 2 aromatic rings. The van der Waals surface area contributed by atoms with Crippen molar-refractivity contribution in [2.45, 2.75) is 37.4 Å². The molecule has 0 atom stereocenters. The number of carbonyl (C=O) groups is 1. The van der Waals surface area contributed by atoms with Gasteiger partial charge in [-0.25, -0.2) is 8.42 Å². The van der Waals surface area contributed by atoms with Crippen LogP contribution in [0.2, 0.25) is 0 Å². The number of benzene rings is 1. The molecule has 5 nitrogen and oxygen atoms in total. The molecule has 164 valence electrons. The summed E-state index contributed by atoms with van der Waals surface area (Å²) >= 11 is 1.58. The van der Waals surface area contributed by atoms with E-state index in [9.17, 15) is 26.4 Å². The number of sulfonamides is 1. The first-order valence-corrected chi connectivity index (χ1v) is 11.8. The molecule has 3 rings (SSSR count). The van der Waals surface area contributed by atoms with E-state index < -0.39 is 21.8 Å². The first-order valence-electron chi connectivity index (χ1n) is 9.45. The van der Waals surface area contributed by atoms with Crippen LogP contribution in [0.4, 0.5) is 13.2 Å². The average Bonchev–Trinajstić information content (AvgIpc) is 3.11. The molecule has 1 fully saturated rings. The number of hydrogen-bond acceptors (Lipinski definition) is 4. The van der Waals surface area contributed by atoms with Crippen molar-refractivity contribution in [2.75, 3.05) is 20.1 Å². The third kappa shape index (κ3) is 4.87. The fourth-order valence-corrected chi connectivity index (χ4v) is 5.97. The normalized spacial score (nSPS) is 16.6. The van der Waals surface area contributed by atoms with E-state index in [0.29, 0.717) is 25.5 Å². The zero-order chi connectivity index (χ0) is 22.1. The van der Waals surface area contributed by atoms with Gasteiger partial charge >= 0.3 is 6.18 Å². The first kappa shape index (κ1) is 22.8. The van der Waals surface area contributed by atoms with Crippen LogP contribution in [0.1, 0.15) is 28.8 Å². The Balaban J connectivity index is 1.64. The van der Waals surface area contributed by atoms with Gasteiger partial charge in [-0.15, -0.1) is 11.3 Å². The van der Waals surface area contributed by atoms with E-state index in [1.165, 1.54) is 6.07 Å². The Bertz CT molecular complexity index is 1010. The number of nitrogens with zero attached hydrogens (tertiary/aromatic N) is 2. The van der Waals surface area contributed by atoms with E-state index in [2.05, 4.69) is 0 Å². The zero-order valence-corrected chi connectivity index (χ0v) is 18.3. The molecule has 30 heavy (non-hydrogen) atoms. The van der Waals surface area contributed by atoms with Crippen LogP contribution in [0.25, 0.3) is 0 Å². The lowest BCUT2D eigenvalue weighted by atomic mass is 9.96. The monoisotopic (exact) mass is 460 g/mol. The van der Waals surface area contributed by atoms with E-state index in [0.717, 1.165) is 26.9 Å². The molecule has 1 aliphatic rings. The molecule has 1 aliphatic heterocycles. The van der Waals surface area contributed by atoms with Gasteiger partial charge in [0.2, 0.25) is 15.9 Å². The maximum absolute atomic E-state index is 12.9. The average molecular weight is 461 g/mol. The summed E-state index contributed by atoms with van der Waals surface area (Å²) in [5.41, 5.74) is 0.126. The van der Waals surface area contributed by atoms with E-state index in [-0.39, 0.29) is 29.8 Å². The van der Waals surface area contributed by atoms with Gasteiger partial charge in [0.15, 0.2) is 0 Å². The van der Waals surface area contributed by atoms with Gasteiger partial charge in [-0.2, -0.15) is 17.5 Å². The number of thiophene rings is 1.